The summed E-state index contributed by atoms with van der Waals surface area (Å²) in [5.74, 6) is -0.212. The van der Waals surface area contributed by atoms with Gasteiger partial charge in [0.05, 0.1) is 7.11 Å². The highest BCUT2D eigenvalue weighted by molar-refractivity contribution is 5.76. The number of hydrogen-bond donors (Lipinski definition) is 1. The normalized spacial score (nSPS) is 17.0. The lowest BCUT2D eigenvalue weighted by Gasteiger charge is -2.34. The van der Waals surface area contributed by atoms with E-state index in [0.717, 1.165) is 32.1 Å². The van der Waals surface area contributed by atoms with Gasteiger partial charge < -0.3 is 4.74 Å². The Bertz CT molecular complexity index is 507. The summed E-state index contributed by atoms with van der Waals surface area (Å²) >= 11 is 0. The number of carbonyl (C=O) groups is 2. The Morgan fingerprint density at radius 2 is 1.88 bits per heavy atom. The van der Waals surface area contributed by atoms with Crippen molar-refractivity contribution in [3.05, 3.63) is 11.1 Å². The van der Waals surface area contributed by atoms with Gasteiger partial charge in [-0.05, 0) is 44.4 Å². The maximum Gasteiger partial charge on any atom is 0.305 e. The number of amides is 1. The number of methoxy groups -OCH3 is 1. The fourth-order valence-corrected chi connectivity index (χ4v) is 3.45. The first-order valence-corrected chi connectivity index (χ1v) is 9.43. The van der Waals surface area contributed by atoms with Crippen molar-refractivity contribution in [1.82, 2.24) is 5.43 Å². The highest BCUT2D eigenvalue weighted by Crippen LogP contribution is 2.41. The van der Waals surface area contributed by atoms with Crippen LogP contribution >= 0.6 is 0 Å². The predicted molar refractivity (Wildman–Crippen MR) is 101 cm³/mol. The highest BCUT2D eigenvalue weighted by atomic mass is 16.5. The van der Waals surface area contributed by atoms with Gasteiger partial charge >= 0.3 is 5.97 Å². The molecule has 0 atom stereocenters. The van der Waals surface area contributed by atoms with Crippen LogP contribution in [-0.4, -0.2) is 25.2 Å². The van der Waals surface area contributed by atoms with Crippen molar-refractivity contribution in [3.8, 4) is 0 Å². The van der Waals surface area contributed by atoms with E-state index >= 15 is 0 Å². The molecule has 0 aliphatic heterocycles. The van der Waals surface area contributed by atoms with Crippen LogP contribution in [-0.2, 0) is 14.3 Å². The van der Waals surface area contributed by atoms with Crippen LogP contribution in [0.4, 0.5) is 0 Å². The maximum atomic E-state index is 11.8. The van der Waals surface area contributed by atoms with Gasteiger partial charge in [-0.2, -0.15) is 5.10 Å². The van der Waals surface area contributed by atoms with Gasteiger partial charge in [-0.25, -0.2) is 5.43 Å². The molecule has 0 bridgehead atoms. The van der Waals surface area contributed by atoms with Crippen molar-refractivity contribution >= 4 is 18.1 Å². The molecule has 0 aromatic heterocycles. The first-order chi connectivity index (χ1) is 11.9. The Morgan fingerprint density at radius 1 is 1.20 bits per heavy atom. The van der Waals surface area contributed by atoms with Crippen molar-refractivity contribution in [2.75, 3.05) is 7.11 Å². The third-order valence-electron chi connectivity index (χ3n) is 5.02. The molecule has 1 aliphatic carbocycles. The Labute approximate surface area is 152 Å². The number of esters is 1. The molecular formula is C20H34N2O3. The zero-order valence-corrected chi connectivity index (χ0v) is 16.3. The number of ether oxygens (including phenoxy) is 1. The molecule has 0 unspecified atom stereocenters. The topological polar surface area (TPSA) is 67.8 Å². The summed E-state index contributed by atoms with van der Waals surface area (Å²) in [6, 6.07) is 0. The lowest BCUT2D eigenvalue weighted by atomic mass is 9.72. The summed E-state index contributed by atoms with van der Waals surface area (Å²) in [5.41, 5.74) is 5.79. The highest BCUT2D eigenvalue weighted by Gasteiger charge is 2.27. The van der Waals surface area contributed by atoms with Crippen molar-refractivity contribution in [1.29, 1.82) is 0 Å². The number of carbonyl (C=O) groups excluding carboxylic acids is 2. The average molecular weight is 351 g/mol. The van der Waals surface area contributed by atoms with Crippen molar-refractivity contribution < 1.29 is 14.3 Å². The zero-order chi connectivity index (χ0) is 18.7. The summed E-state index contributed by atoms with van der Waals surface area (Å²) in [5, 5.41) is 4.09. The van der Waals surface area contributed by atoms with Gasteiger partial charge in [0.25, 0.3) is 0 Å². The smallest absolute Gasteiger partial charge is 0.305 e. The molecule has 25 heavy (non-hydrogen) atoms. The molecule has 142 valence electrons. The number of nitrogens with one attached hydrogen (secondary N) is 1. The molecule has 0 saturated heterocycles. The lowest BCUT2D eigenvalue weighted by Crippen LogP contribution is -2.21. The Balaban J connectivity index is 2.17. The second-order valence-corrected chi connectivity index (χ2v) is 7.54. The van der Waals surface area contributed by atoms with Crippen LogP contribution in [0.1, 0.15) is 85.0 Å². The van der Waals surface area contributed by atoms with Gasteiger partial charge in [-0.1, -0.05) is 37.8 Å². The van der Waals surface area contributed by atoms with E-state index in [1.165, 1.54) is 37.5 Å². The Hall–Kier alpha value is -1.65. The first kappa shape index (κ1) is 21.4. The van der Waals surface area contributed by atoms with Crippen LogP contribution in [0, 0.1) is 5.41 Å². The molecule has 0 radical (unpaired) electrons. The van der Waals surface area contributed by atoms with E-state index in [4.69, 9.17) is 0 Å². The molecule has 5 heteroatoms. The van der Waals surface area contributed by atoms with Crippen LogP contribution in [0.3, 0.4) is 0 Å². The van der Waals surface area contributed by atoms with Crippen LogP contribution in [0.5, 0.6) is 0 Å². The molecular weight excluding hydrogens is 316 g/mol. The molecule has 0 aromatic carbocycles. The number of allylic oxidation sites excluding steroid dienone is 2. The van der Waals surface area contributed by atoms with Crippen molar-refractivity contribution in [2.24, 2.45) is 10.5 Å². The number of unbranched alkanes of at least 4 members (excludes halogenated alkanes) is 3. The summed E-state index contributed by atoms with van der Waals surface area (Å²) in [4.78, 5) is 22.7. The third-order valence-corrected chi connectivity index (χ3v) is 5.02. The van der Waals surface area contributed by atoms with E-state index in [9.17, 15) is 9.59 Å². The molecule has 1 N–H and O–H groups in total. The van der Waals surface area contributed by atoms with Crippen molar-refractivity contribution in [2.45, 2.75) is 85.0 Å². The summed E-state index contributed by atoms with van der Waals surface area (Å²) in [6.07, 6.45) is 10.7. The number of hydrogen-bond acceptors (Lipinski definition) is 4. The van der Waals surface area contributed by atoms with E-state index in [1.54, 1.807) is 0 Å². The number of nitrogens with zero attached hydrogens (tertiary/aromatic N) is 1. The molecule has 1 rings (SSSR count). The van der Waals surface area contributed by atoms with Crippen LogP contribution in [0.15, 0.2) is 16.2 Å². The first-order valence-electron chi connectivity index (χ1n) is 9.43. The minimum Gasteiger partial charge on any atom is -0.469 e. The molecule has 0 fully saturated rings. The second-order valence-electron chi connectivity index (χ2n) is 7.54. The third kappa shape index (κ3) is 8.32. The average Bonchev–Trinajstić information content (AvgIpc) is 2.56. The Kier molecular flexibility index (Phi) is 9.46. The molecule has 1 aliphatic rings. The van der Waals surface area contributed by atoms with Crippen LogP contribution in [0.2, 0.25) is 0 Å². The molecule has 5 nitrogen and oxygen atoms in total. The molecule has 0 saturated carbocycles. The van der Waals surface area contributed by atoms with E-state index in [0.29, 0.717) is 12.8 Å². The lowest BCUT2D eigenvalue weighted by molar-refractivity contribution is -0.140. The predicted octanol–water partition coefficient (Wildman–Crippen LogP) is 4.52. The van der Waals surface area contributed by atoms with Gasteiger partial charge in [0.15, 0.2) is 0 Å². The number of rotatable bonds is 10. The van der Waals surface area contributed by atoms with Crippen molar-refractivity contribution in [3.63, 3.8) is 0 Å². The molecule has 0 aromatic rings. The molecule has 0 spiro atoms. The maximum absolute atomic E-state index is 11.8. The second kappa shape index (κ2) is 11.1. The minimum atomic E-state index is -0.168. The molecule has 0 heterocycles. The zero-order valence-electron chi connectivity index (χ0n) is 16.3. The van der Waals surface area contributed by atoms with E-state index < -0.39 is 0 Å². The fourth-order valence-electron chi connectivity index (χ4n) is 3.45. The minimum absolute atomic E-state index is 0.0437. The van der Waals surface area contributed by atoms with Gasteiger partial charge in [-0.3, -0.25) is 9.59 Å². The quantitative estimate of drug-likeness (QED) is 0.207. The van der Waals surface area contributed by atoms with Gasteiger partial charge in [0.1, 0.15) is 0 Å². The summed E-state index contributed by atoms with van der Waals surface area (Å²) in [6.45, 7) is 6.79. The number of hydrazone groups is 1. The summed E-state index contributed by atoms with van der Waals surface area (Å²) < 4.78 is 4.59. The molecule has 1 amide bonds. The van der Waals surface area contributed by atoms with Gasteiger partial charge in [0, 0.05) is 25.5 Å². The largest absolute Gasteiger partial charge is 0.469 e. The Morgan fingerprint density at radius 3 is 2.52 bits per heavy atom. The van der Waals surface area contributed by atoms with Gasteiger partial charge in [-0.15, -0.1) is 0 Å². The monoisotopic (exact) mass is 350 g/mol. The van der Waals surface area contributed by atoms with Crippen LogP contribution in [0.25, 0.3) is 0 Å². The summed E-state index contributed by atoms with van der Waals surface area (Å²) in [7, 11) is 1.40. The van der Waals surface area contributed by atoms with E-state index in [1.807, 2.05) is 6.21 Å². The van der Waals surface area contributed by atoms with E-state index in [-0.39, 0.29) is 17.3 Å². The van der Waals surface area contributed by atoms with Crippen LogP contribution < -0.4 is 5.43 Å². The fraction of sp³-hybridized carbons (Fsp3) is 0.750. The SMILES string of the molecule is COC(=O)CCCCCCC(=O)N/N=C/CC1=C(C)CCCC1(C)C. The van der Waals surface area contributed by atoms with Gasteiger partial charge in [0.2, 0.25) is 5.91 Å². The van der Waals surface area contributed by atoms with E-state index in [2.05, 4.69) is 36.0 Å². The standard InChI is InChI=1S/C20H34N2O3/c1-16-10-9-14-20(2,3)17(16)13-15-21-22-18(23)11-7-5-6-8-12-19(24)25-4/h15H,5-14H2,1-4H3,(H,22,23)/b21-15+.